The Hall–Kier alpha value is -1.39. The molecule has 3 atom stereocenters. The Balaban J connectivity index is 1.84. The van der Waals surface area contributed by atoms with Crippen LogP contribution >= 0.6 is 0 Å². The molecule has 0 amide bonds. The first-order valence-corrected chi connectivity index (χ1v) is 8.69. The highest BCUT2D eigenvalue weighted by atomic mass is 16.5. The van der Waals surface area contributed by atoms with Gasteiger partial charge in [-0.3, -0.25) is 9.69 Å². The van der Waals surface area contributed by atoms with Gasteiger partial charge in [-0.05, 0) is 44.1 Å². The number of morpholine rings is 1. The lowest BCUT2D eigenvalue weighted by Crippen LogP contribution is -2.55. The molecule has 1 saturated carbocycles. The van der Waals surface area contributed by atoms with Gasteiger partial charge in [0.25, 0.3) is 0 Å². The summed E-state index contributed by atoms with van der Waals surface area (Å²) < 4.78 is 5.49. The number of carboxylic acids is 1. The van der Waals surface area contributed by atoms with Gasteiger partial charge in [0.1, 0.15) is 0 Å². The average molecular weight is 317 g/mol. The van der Waals surface area contributed by atoms with E-state index in [-0.39, 0.29) is 17.4 Å². The zero-order chi connectivity index (χ0) is 16.3. The maximum absolute atomic E-state index is 11.8. The van der Waals surface area contributed by atoms with Gasteiger partial charge in [-0.1, -0.05) is 30.4 Å². The summed E-state index contributed by atoms with van der Waals surface area (Å²) in [4.78, 5) is 14.3. The molecule has 3 aliphatic rings. The van der Waals surface area contributed by atoms with E-state index in [1.54, 1.807) is 0 Å². The zero-order valence-corrected chi connectivity index (χ0v) is 13.9. The summed E-state index contributed by atoms with van der Waals surface area (Å²) >= 11 is 0. The summed E-state index contributed by atoms with van der Waals surface area (Å²) in [7, 11) is 0. The van der Waals surface area contributed by atoms with Crippen molar-refractivity contribution in [3.63, 3.8) is 0 Å². The van der Waals surface area contributed by atoms with Gasteiger partial charge in [-0.2, -0.15) is 0 Å². The van der Waals surface area contributed by atoms with Crippen molar-refractivity contribution in [2.45, 2.75) is 38.1 Å². The number of hydrogen-bond donors (Lipinski definition) is 1. The van der Waals surface area contributed by atoms with Gasteiger partial charge in [0.2, 0.25) is 0 Å². The minimum absolute atomic E-state index is 0.0745. The highest BCUT2D eigenvalue weighted by Crippen LogP contribution is 2.44. The lowest BCUT2D eigenvalue weighted by molar-refractivity contribution is -0.146. The smallest absolute Gasteiger partial charge is 0.307 e. The van der Waals surface area contributed by atoms with Crippen molar-refractivity contribution >= 4 is 5.97 Å². The third-order valence-corrected chi connectivity index (χ3v) is 5.67. The molecule has 4 nitrogen and oxygen atoms in total. The van der Waals surface area contributed by atoms with Crippen LogP contribution in [-0.4, -0.2) is 47.8 Å². The molecule has 2 aliphatic carbocycles. The largest absolute Gasteiger partial charge is 0.481 e. The van der Waals surface area contributed by atoms with E-state index < -0.39 is 5.97 Å². The predicted octanol–water partition coefficient (Wildman–Crippen LogP) is 3.02. The summed E-state index contributed by atoms with van der Waals surface area (Å²) in [6.45, 7) is 5.79. The van der Waals surface area contributed by atoms with Gasteiger partial charge in [-0.25, -0.2) is 0 Å². The van der Waals surface area contributed by atoms with Gasteiger partial charge in [0.05, 0.1) is 19.1 Å². The first-order valence-electron chi connectivity index (χ1n) is 8.69. The molecule has 4 heteroatoms. The number of ether oxygens (including phenoxy) is 1. The molecule has 0 aromatic carbocycles. The average Bonchev–Trinajstić information content (AvgIpc) is 2.84. The van der Waals surface area contributed by atoms with E-state index in [4.69, 9.17) is 4.74 Å². The fourth-order valence-corrected chi connectivity index (χ4v) is 4.27. The van der Waals surface area contributed by atoms with E-state index in [1.165, 1.54) is 5.57 Å². The first-order chi connectivity index (χ1) is 11.1. The summed E-state index contributed by atoms with van der Waals surface area (Å²) in [5, 5.41) is 9.69. The molecule has 1 aliphatic heterocycles. The summed E-state index contributed by atoms with van der Waals surface area (Å²) in [5.41, 5.74) is 1.25. The molecule has 1 saturated heterocycles. The van der Waals surface area contributed by atoms with Gasteiger partial charge in [0, 0.05) is 18.6 Å². The topological polar surface area (TPSA) is 49.8 Å². The second-order valence-corrected chi connectivity index (χ2v) is 7.12. The Labute approximate surface area is 138 Å². The number of carboxylic acid groups (broad SMARTS) is 1. The zero-order valence-electron chi connectivity index (χ0n) is 13.9. The molecule has 0 aromatic rings. The molecular weight excluding hydrogens is 290 g/mol. The Kier molecular flexibility index (Phi) is 5.02. The third-order valence-electron chi connectivity index (χ3n) is 5.67. The van der Waals surface area contributed by atoms with E-state index in [2.05, 4.69) is 42.2 Å². The lowest BCUT2D eigenvalue weighted by Gasteiger charge is -2.49. The normalized spacial score (nSPS) is 35.6. The van der Waals surface area contributed by atoms with Gasteiger partial charge >= 0.3 is 5.97 Å². The highest BCUT2D eigenvalue weighted by molar-refractivity contribution is 5.71. The molecule has 0 spiro atoms. The van der Waals surface area contributed by atoms with Gasteiger partial charge < -0.3 is 9.84 Å². The molecular formula is C19H27NO3. The highest BCUT2D eigenvalue weighted by Gasteiger charge is 2.44. The molecule has 0 radical (unpaired) electrons. The number of rotatable bonds is 3. The van der Waals surface area contributed by atoms with Crippen LogP contribution in [0.25, 0.3) is 0 Å². The molecule has 0 bridgehead atoms. The molecule has 3 rings (SSSR count). The lowest BCUT2D eigenvalue weighted by atomic mass is 9.67. The van der Waals surface area contributed by atoms with Crippen molar-refractivity contribution in [3.05, 3.63) is 36.0 Å². The SMILES string of the molecule is CC1(N2CCOCC2)CCC(C(=O)O)C(C2=CC=CCC=C2)C1. The van der Waals surface area contributed by atoms with Crippen molar-refractivity contribution in [2.75, 3.05) is 26.3 Å². The molecule has 23 heavy (non-hydrogen) atoms. The van der Waals surface area contributed by atoms with Crippen molar-refractivity contribution in [3.8, 4) is 0 Å². The minimum Gasteiger partial charge on any atom is -0.481 e. The van der Waals surface area contributed by atoms with Crippen LogP contribution in [0.15, 0.2) is 36.0 Å². The van der Waals surface area contributed by atoms with Crippen LogP contribution in [0.2, 0.25) is 0 Å². The van der Waals surface area contributed by atoms with Crippen molar-refractivity contribution in [2.24, 2.45) is 11.8 Å². The van der Waals surface area contributed by atoms with Crippen molar-refractivity contribution in [1.82, 2.24) is 4.90 Å². The van der Waals surface area contributed by atoms with Crippen LogP contribution in [-0.2, 0) is 9.53 Å². The van der Waals surface area contributed by atoms with E-state index in [9.17, 15) is 9.90 Å². The Morgan fingerprint density at radius 1 is 1.35 bits per heavy atom. The Morgan fingerprint density at radius 2 is 2.13 bits per heavy atom. The fourth-order valence-electron chi connectivity index (χ4n) is 4.27. The Morgan fingerprint density at radius 3 is 2.87 bits per heavy atom. The summed E-state index contributed by atoms with van der Waals surface area (Å²) in [6, 6.07) is 0. The quantitative estimate of drug-likeness (QED) is 0.869. The molecule has 1 N–H and O–H groups in total. The number of carbonyl (C=O) groups is 1. The number of aliphatic carboxylic acids is 1. The minimum atomic E-state index is -0.651. The van der Waals surface area contributed by atoms with Crippen molar-refractivity contribution < 1.29 is 14.6 Å². The van der Waals surface area contributed by atoms with Crippen LogP contribution in [0.1, 0.15) is 32.6 Å². The number of allylic oxidation sites excluding steroid dienone is 6. The monoisotopic (exact) mass is 317 g/mol. The van der Waals surface area contributed by atoms with E-state index in [0.717, 1.165) is 52.0 Å². The van der Waals surface area contributed by atoms with E-state index >= 15 is 0 Å². The molecule has 3 unspecified atom stereocenters. The number of nitrogens with zero attached hydrogens (tertiary/aromatic N) is 1. The Bertz CT molecular complexity index is 531. The van der Waals surface area contributed by atoms with E-state index in [1.807, 2.05) is 0 Å². The molecule has 1 heterocycles. The standard InChI is InChI=1S/C19H27NO3/c1-19(20-10-12-23-13-11-20)9-8-16(18(21)22)17(14-19)15-6-4-2-3-5-7-15/h2,4-7,16-17H,3,8-14H2,1H3,(H,21,22). The number of hydrogen-bond acceptors (Lipinski definition) is 3. The molecule has 0 aromatic heterocycles. The van der Waals surface area contributed by atoms with Crippen LogP contribution in [0, 0.1) is 11.8 Å². The second kappa shape index (κ2) is 7.02. The summed E-state index contributed by atoms with van der Waals surface area (Å²) in [6.07, 6.45) is 14.1. The van der Waals surface area contributed by atoms with E-state index in [0.29, 0.717) is 0 Å². The van der Waals surface area contributed by atoms with Crippen LogP contribution in [0.5, 0.6) is 0 Å². The second-order valence-electron chi connectivity index (χ2n) is 7.12. The molecule has 2 fully saturated rings. The molecule has 126 valence electrons. The fraction of sp³-hybridized carbons (Fsp3) is 0.632. The third kappa shape index (κ3) is 3.59. The van der Waals surface area contributed by atoms with Crippen LogP contribution < -0.4 is 0 Å². The van der Waals surface area contributed by atoms with Crippen LogP contribution in [0.3, 0.4) is 0 Å². The van der Waals surface area contributed by atoms with Crippen LogP contribution in [0.4, 0.5) is 0 Å². The van der Waals surface area contributed by atoms with Gasteiger partial charge in [0.15, 0.2) is 0 Å². The maximum atomic E-state index is 11.8. The van der Waals surface area contributed by atoms with Gasteiger partial charge in [-0.15, -0.1) is 0 Å². The maximum Gasteiger partial charge on any atom is 0.307 e. The van der Waals surface area contributed by atoms with Crippen molar-refractivity contribution in [1.29, 1.82) is 0 Å². The summed E-state index contributed by atoms with van der Waals surface area (Å²) in [5.74, 6) is -0.832. The predicted molar refractivity (Wildman–Crippen MR) is 90.2 cm³/mol. The first kappa shape index (κ1) is 16.5.